The molecular weight excluding hydrogens is 474 g/mol. The summed E-state index contributed by atoms with van der Waals surface area (Å²) >= 11 is 9.45. The van der Waals surface area contributed by atoms with Crippen molar-refractivity contribution in [2.24, 2.45) is 0 Å². The van der Waals surface area contributed by atoms with Crippen LogP contribution in [0.4, 0.5) is 0 Å². The molecular formula is C21H21BrClN3O4. The van der Waals surface area contributed by atoms with E-state index in [-0.39, 0.29) is 18.0 Å². The maximum absolute atomic E-state index is 13.2. The number of fused-ring (bicyclic) bond motifs is 1. The average Bonchev–Trinajstić information content (AvgIpc) is 2.71. The highest BCUT2D eigenvalue weighted by molar-refractivity contribution is 9.10. The molecule has 0 unspecified atom stereocenters. The fourth-order valence-electron chi connectivity index (χ4n) is 3.08. The number of amides is 1. The largest absolute Gasteiger partial charge is 0.492 e. The molecule has 3 aromatic rings. The number of halogens is 2. The molecule has 3 rings (SSSR count). The molecule has 7 nitrogen and oxygen atoms in total. The molecule has 0 saturated heterocycles. The summed E-state index contributed by atoms with van der Waals surface area (Å²) in [5.41, 5.74) is 0.635. The summed E-state index contributed by atoms with van der Waals surface area (Å²) in [6.45, 7) is 4.71. The van der Waals surface area contributed by atoms with Gasteiger partial charge in [-0.15, -0.1) is 0 Å². The molecule has 1 amide bonds. The van der Waals surface area contributed by atoms with Gasteiger partial charge >= 0.3 is 0 Å². The van der Waals surface area contributed by atoms with Gasteiger partial charge in [-0.1, -0.05) is 11.6 Å². The van der Waals surface area contributed by atoms with Crippen LogP contribution in [0.1, 0.15) is 30.0 Å². The zero-order valence-electron chi connectivity index (χ0n) is 16.8. The number of aromatic amines is 1. The average molecular weight is 495 g/mol. The van der Waals surface area contributed by atoms with Crippen LogP contribution in [-0.4, -0.2) is 41.0 Å². The lowest BCUT2D eigenvalue weighted by molar-refractivity contribution is 0.0748. The molecule has 0 spiro atoms. The number of benzene rings is 2. The summed E-state index contributed by atoms with van der Waals surface area (Å²) in [6, 6.07) is 8.22. The second kappa shape index (κ2) is 9.49. The molecule has 1 aromatic heterocycles. The zero-order chi connectivity index (χ0) is 21.8. The van der Waals surface area contributed by atoms with Gasteiger partial charge in [0.25, 0.3) is 11.5 Å². The van der Waals surface area contributed by atoms with Gasteiger partial charge in [-0.05, 0) is 60.1 Å². The van der Waals surface area contributed by atoms with Crippen molar-refractivity contribution in [1.82, 2.24) is 14.9 Å². The third-order valence-electron chi connectivity index (χ3n) is 4.49. The Morgan fingerprint density at radius 1 is 1.27 bits per heavy atom. The van der Waals surface area contributed by atoms with Crippen molar-refractivity contribution in [3.8, 4) is 11.5 Å². The molecule has 0 saturated carbocycles. The number of carbonyl (C=O) groups excluding carboxylic acids is 1. The second-order valence-corrected chi connectivity index (χ2v) is 7.71. The van der Waals surface area contributed by atoms with Gasteiger partial charge in [0.15, 0.2) is 11.5 Å². The van der Waals surface area contributed by atoms with Gasteiger partial charge in [0.1, 0.15) is 5.82 Å². The molecule has 9 heteroatoms. The third kappa shape index (κ3) is 4.60. The zero-order valence-corrected chi connectivity index (χ0v) is 19.1. The van der Waals surface area contributed by atoms with Gasteiger partial charge in [-0.2, -0.15) is 0 Å². The number of nitrogens with zero attached hydrogens (tertiary/aromatic N) is 2. The van der Waals surface area contributed by atoms with Crippen LogP contribution in [0.5, 0.6) is 11.5 Å². The first kappa shape index (κ1) is 22.1. The van der Waals surface area contributed by atoms with E-state index in [1.807, 2.05) is 13.8 Å². The summed E-state index contributed by atoms with van der Waals surface area (Å²) in [5.74, 6) is 1.15. The van der Waals surface area contributed by atoms with Gasteiger partial charge in [0.2, 0.25) is 0 Å². The molecule has 0 bridgehead atoms. The minimum absolute atomic E-state index is 0.140. The molecule has 0 aliphatic carbocycles. The number of hydrogen-bond donors (Lipinski definition) is 1. The lowest BCUT2D eigenvalue weighted by Gasteiger charge is -2.21. The molecule has 0 atom stereocenters. The Labute approximate surface area is 187 Å². The Hall–Kier alpha value is -2.58. The third-order valence-corrected chi connectivity index (χ3v) is 5.31. The molecule has 158 valence electrons. The van der Waals surface area contributed by atoms with Crippen LogP contribution in [0.3, 0.4) is 0 Å². The van der Waals surface area contributed by atoms with Crippen molar-refractivity contribution < 1.29 is 14.3 Å². The lowest BCUT2D eigenvalue weighted by Crippen LogP contribution is -2.32. The second-order valence-electron chi connectivity index (χ2n) is 6.42. The summed E-state index contributed by atoms with van der Waals surface area (Å²) in [6.07, 6.45) is 0. The number of carbonyl (C=O) groups is 1. The van der Waals surface area contributed by atoms with E-state index in [1.54, 1.807) is 35.2 Å². The van der Waals surface area contributed by atoms with E-state index in [4.69, 9.17) is 21.1 Å². The number of H-pyrrole nitrogens is 1. The van der Waals surface area contributed by atoms with Crippen molar-refractivity contribution in [3.05, 3.63) is 61.6 Å². The molecule has 1 heterocycles. The van der Waals surface area contributed by atoms with Crippen molar-refractivity contribution in [1.29, 1.82) is 0 Å². The van der Waals surface area contributed by atoms with Crippen molar-refractivity contribution >= 4 is 44.3 Å². The number of nitrogens with one attached hydrogen (secondary N) is 1. The summed E-state index contributed by atoms with van der Waals surface area (Å²) in [4.78, 5) is 34.3. The number of aromatic nitrogens is 2. The molecule has 1 N–H and O–H groups in total. The van der Waals surface area contributed by atoms with E-state index in [9.17, 15) is 9.59 Å². The monoisotopic (exact) mass is 493 g/mol. The van der Waals surface area contributed by atoms with E-state index in [2.05, 4.69) is 25.9 Å². The Kier molecular flexibility index (Phi) is 6.99. The Bertz CT molecular complexity index is 1150. The quantitative estimate of drug-likeness (QED) is 0.526. The van der Waals surface area contributed by atoms with Gasteiger partial charge < -0.3 is 19.4 Å². The summed E-state index contributed by atoms with van der Waals surface area (Å²) in [7, 11) is 1.54. The van der Waals surface area contributed by atoms with Crippen LogP contribution in [0, 0.1) is 0 Å². The van der Waals surface area contributed by atoms with Crippen LogP contribution >= 0.6 is 27.5 Å². The fourth-order valence-corrected chi connectivity index (χ4v) is 3.85. The number of hydrogen-bond acceptors (Lipinski definition) is 5. The molecule has 0 aliphatic heterocycles. The topological polar surface area (TPSA) is 84.5 Å². The predicted octanol–water partition coefficient (Wildman–Crippen LogP) is 4.41. The number of rotatable bonds is 7. The summed E-state index contributed by atoms with van der Waals surface area (Å²) in [5, 5.41) is 0.930. The first-order valence-electron chi connectivity index (χ1n) is 9.36. The van der Waals surface area contributed by atoms with Crippen molar-refractivity contribution in [2.45, 2.75) is 20.4 Å². The molecule has 30 heavy (non-hydrogen) atoms. The number of methoxy groups -OCH3 is 1. The first-order valence-corrected chi connectivity index (χ1v) is 10.5. The smallest absolute Gasteiger partial charge is 0.258 e. The molecule has 0 fully saturated rings. The van der Waals surface area contributed by atoms with Gasteiger partial charge in [0, 0.05) is 17.1 Å². The predicted molar refractivity (Wildman–Crippen MR) is 120 cm³/mol. The van der Waals surface area contributed by atoms with E-state index < -0.39 is 0 Å². The van der Waals surface area contributed by atoms with Gasteiger partial charge in [-0.25, -0.2) is 4.98 Å². The first-order chi connectivity index (χ1) is 14.4. The van der Waals surface area contributed by atoms with Crippen LogP contribution in [-0.2, 0) is 6.54 Å². The standard InChI is InChI=1S/C21H21BrClN3O4/c1-4-26(11-18-24-16-10-13(23)6-7-14(16)20(27)25-18)21(28)12-8-15(22)19(29-3)17(9-12)30-5-2/h6-10H,4-5,11H2,1-3H3,(H,24,25,27). The maximum Gasteiger partial charge on any atom is 0.258 e. The lowest BCUT2D eigenvalue weighted by atomic mass is 10.1. The van der Waals surface area contributed by atoms with E-state index in [0.717, 1.165) is 0 Å². The normalized spacial score (nSPS) is 10.8. The van der Waals surface area contributed by atoms with Crippen molar-refractivity contribution in [2.75, 3.05) is 20.3 Å². The molecule has 0 aliphatic rings. The van der Waals surface area contributed by atoms with Crippen LogP contribution < -0.4 is 15.0 Å². The SMILES string of the molecule is CCOc1cc(C(=O)N(CC)Cc2nc3cc(Cl)ccc3c(=O)[nH]2)cc(Br)c1OC. The summed E-state index contributed by atoms with van der Waals surface area (Å²) < 4.78 is 11.6. The van der Waals surface area contributed by atoms with Crippen LogP contribution in [0.2, 0.25) is 5.02 Å². The minimum atomic E-state index is -0.277. The van der Waals surface area contributed by atoms with E-state index in [1.165, 1.54) is 7.11 Å². The Morgan fingerprint density at radius 3 is 2.70 bits per heavy atom. The van der Waals surface area contributed by atoms with Crippen LogP contribution in [0.15, 0.2) is 39.6 Å². The van der Waals surface area contributed by atoms with Crippen molar-refractivity contribution in [3.63, 3.8) is 0 Å². The Balaban J connectivity index is 1.94. The minimum Gasteiger partial charge on any atom is -0.492 e. The highest BCUT2D eigenvalue weighted by Gasteiger charge is 2.20. The highest BCUT2D eigenvalue weighted by atomic mass is 79.9. The van der Waals surface area contributed by atoms with E-state index in [0.29, 0.717) is 56.4 Å². The maximum atomic E-state index is 13.2. The molecule has 0 radical (unpaired) electrons. The Morgan fingerprint density at radius 2 is 2.03 bits per heavy atom. The number of ether oxygens (including phenoxy) is 2. The van der Waals surface area contributed by atoms with Gasteiger partial charge in [0.05, 0.1) is 35.6 Å². The fraction of sp³-hybridized carbons (Fsp3) is 0.286. The molecule has 2 aromatic carbocycles. The van der Waals surface area contributed by atoms with E-state index >= 15 is 0 Å². The van der Waals surface area contributed by atoms with Crippen LogP contribution in [0.25, 0.3) is 10.9 Å². The highest BCUT2D eigenvalue weighted by Crippen LogP contribution is 2.37. The van der Waals surface area contributed by atoms with Gasteiger partial charge in [-0.3, -0.25) is 9.59 Å².